The third kappa shape index (κ3) is 2.55. The maximum Gasteiger partial charge on any atom is 0.163 e. The van der Waals surface area contributed by atoms with Gasteiger partial charge in [0.15, 0.2) is 5.75 Å². The molecule has 1 fully saturated rings. The second-order valence-corrected chi connectivity index (χ2v) is 4.73. The third-order valence-corrected chi connectivity index (χ3v) is 3.03. The van der Waals surface area contributed by atoms with Crippen LogP contribution >= 0.6 is 0 Å². The Balaban J connectivity index is 1.91. The fourth-order valence-electron chi connectivity index (χ4n) is 1.79. The number of nitrogens with zero attached hydrogens (tertiary/aromatic N) is 2. The monoisotopic (exact) mass is 223 g/mol. The van der Waals surface area contributed by atoms with Crippen LogP contribution in [0.1, 0.15) is 31.2 Å². The maximum atomic E-state index is 5.93. The fourth-order valence-corrected chi connectivity index (χ4v) is 1.79. The Hall–Kier alpha value is -1.03. The Morgan fingerprint density at radius 1 is 1.50 bits per heavy atom. The van der Waals surface area contributed by atoms with E-state index >= 15 is 0 Å². The summed E-state index contributed by atoms with van der Waals surface area (Å²) in [6.45, 7) is 7.04. The summed E-state index contributed by atoms with van der Waals surface area (Å²) in [6, 6.07) is 0.738. The van der Waals surface area contributed by atoms with Crippen LogP contribution in [0.2, 0.25) is 0 Å². The number of aryl methyl sites for hydroxylation is 2. The van der Waals surface area contributed by atoms with Gasteiger partial charge in [0, 0.05) is 19.6 Å². The van der Waals surface area contributed by atoms with Crippen LogP contribution in [-0.4, -0.2) is 28.5 Å². The van der Waals surface area contributed by atoms with Crippen molar-refractivity contribution in [3.8, 4) is 5.75 Å². The minimum Gasteiger partial charge on any atom is -0.486 e. The highest BCUT2D eigenvalue weighted by molar-refractivity contribution is 5.31. The first-order chi connectivity index (χ1) is 7.58. The predicted octanol–water partition coefficient (Wildman–Crippen LogP) is 1.56. The number of ether oxygens (including phenoxy) is 1. The Morgan fingerprint density at radius 3 is 2.69 bits per heavy atom. The molecule has 1 aromatic heterocycles. The van der Waals surface area contributed by atoms with Gasteiger partial charge in [-0.1, -0.05) is 0 Å². The molecular formula is C12H21N3O. The first-order valence-corrected chi connectivity index (χ1v) is 5.98. The largest absolute Gasteiger partial charge is 0.486 e. The molecule has 1 aliphatic rings. The van der Waals surface area contributed by atoms with Crippen molar-refractivity contribution in [1.82, 2.24) is 15.1 Å². The van der Waals surface area contributed by atoms with Gasteiger partial charge in [-0.05, 0) is 33.6 Å². The fraction of sp³-hybridized carbons (Fsp3) is 0.750. The van der Waals surface area contributed by atoms with Crippen LogP contribution in [0.4, 0.5) is 0 Å². The van der Waals surface area contributed by atoms with Crippen molar-refractivity contribution in [2.24, 2.45) is 7.05 Å². The molecule has 0 bridgehead atoms. The van der Waals surface area contributed by atoms with Gasteiger partial charge in [0.1, 0.15) is 11.8 Å². The highest BCUT2D eigenvalue weighted by atomic mass is 16.5. The molecule has 1 heterocycles. The molecule has 1 atom stereocenters. The zero-order valence-electron chi connectivity index (χ0n) is 10.6. The maximum absolute atomic E-state index is 5.93. The Kier molecular flexibility index (Phi) is 3.19. The number of nitrogens with one attached hydrogen (secondary N) is 1. The Labute approximate surface area is 97.0 Å². The van der Waals surface area contributed by atoms with Gasteiger partial charge < -0.3 is 10.1 Å². The van der Waals surface area contributed by atoms with Crippen molar-refractivity contribution in [3.05, 3.63) is 11.4 Å². The lowest BCUT2D eigenvalue weighted by molar-refractivity contribution is 0.213. The lowest BCUT2D eigenvalue weighted by Crippen LogP contribution is -2.30. The van der Waals surface area contributed by atoms with Crippen molar-refractivity contribution < 1.29 is 4.74 Å². The van der Waals surface area contributed by atoms with Gasteiger partial charge in [-0.15, -0.1) is 0 Å². The quantitative estimate of drug-likeness (QED) is 0.823. The van der Waals surface area contributed by atoms with Gasteiger partial charge >= 0.3 is 0 Å². The molecule has 1 aromatic rings. The van der Waals surface area contributed by atoms with Gasteiger partial charge in [-0.25, -0.2) is 0 Å². The molecule has 0 saturated heterocycles. The molecule has 0 aliphatic heterocycles. The zero-order chi connectivity index (χ0) is 11.7. The van der Waals surface area contributed by atoms with Gasteiger partial charge in [0.25, 0.3) is 0 Å². The summed E-state index contributed by atoms with van der Waals surface area (Å²) in [7, 11) is 1.95. The van der Waals surface area contributed by atoms with E-state index in [1.54, 1.807) is 0 Å². The summed E-state index contributed by atoms with van der Waals surface area (Å²) in [5.41, 5.74) is 2.06. The van der Waals surface area contributed by atoms with E-state index in [2.05, 4.69) is 17.3 Å². The van der Waals surface area contributed by atoms with E-state index in [9.17, 15) is 0 Å². The van der Waals surface area contributed by atoms with Crippen LogP contribution in [0.25, 0.3) is 0 Å². The SMILES string of the molecule is Cc1nn(C)c(C)c1OC(C)CNC1CC1. The number of hydrogen-bond acceptors (Lipinski definition) is 3. The van der Waals surface area contributed by atoms with E-state index in [0.29, 0.717) is 0 Å². The van der Waals surface area contributed by atoms with Crippen LogP contribution in [-0.2, 0) is 7.05 Å². The third-order valence-electron chi connectivity index (χ3n) is 3.03. The minimum absolute atomic E-state index is 0.196. The highest BCUT2D eigenvalue weighted by Gasteiger charge is 2.21. The molecule has 1 saturated carbocycles. The molecule has 0 amide bonds. The predicted molar refractivity (Wildman–Crippen MR) is 63.8 cm³/mol. The van der Waals surface area contributed by atoms with Crippen molar-refractivity contribution in [2.75, 3.05) is 6.54 Å². The van der Waals surface area contributed by atoms with Crippen molar-refractivity contribution in [3.63, 3.8) is 0 Å². The van der Waals surface area contributed by atoms with E-state index in [1.807, 2.05) is 25.6 Å². The lowest BCUT2D eigenvalue weighted by atomic mass is 10.3. The first-order valence-electron chi connectivity index (χ1n) is 5.98. The molecule has 4 nitrogen and oxygen atoms in total. The zero-order valence-corrected chi connectivity index (χ0v) is 10.6. The average molecular weight is 223 g/mol. The summed E-state index contributed by atoms with van der Waals surface area (Å²) in [5.74, 6) is 0.938. The first kappa shape index (κ1) is 11.5. The number of hydrogen-bond donors (Lipinski definition) is 1. The highest BCUT2D eigenvalue weighted by Crippen LogP contribution is 2.23. The van der Waals surface area contributed by atoms with Gasteiger partial charge in [-0.3, -0.25) is 4.68 Å². The van der Waals surface area contributed by atoms with E-state index in [1.165, 1.54) is 12.8 Å². The smallest absolute Gasteiger partial charge is 0.163 e. The van der Waals surface area contributed by atoms with Crippen LogP contribution < -0.4 is 10.1 Å². The van der Waals surface area contributed by atoms with Gasteiger partial charge in [0.2, 0.25) is 0 Å². The van der Waals surface area contributed by atoms with Crippen molar-refractivity contribution >= 4 is 0 Å². The second-order valence-electron chi connectivity index (χ2n) is 4.73. The van der Waals surface area contributed by atoms with Crippen molar-refractivity contribution in [2.45, 2.75) is 45.8 Å². The summed E-state index contributed by atoms with van der Waals surface area (Å²) in [6.07, 6.45) is 2.83. The van der Waals surface area contributed by atoms with E-state index in [-0.39, 0.29) is 6.10 Å². The number of aromatic nitrogens is 2. The van der Waals surface area contributed by atoms with Crippen LogP contribution in [0.15, 0.2) is 0 Å². The summed E-state index contributed by atoms with van der Waals surface area (Å²) >= 11 is 0. The average Bonchev–Trinajstić information content (AvgIpc) is 3.01. The second kappa shape index (κ2) is 4.45. The molecule has 16 heavy (non-hydrogen) atoms. The topological polar surface area (TPSA) is 39.1 Å². The Bertz CT molecular complexity index is 369. The summed E-state index contributed by atoms with van der Waals surface area (Å²) in [5, 5.41) is 7.81. The van der Waals surface area contributed by atoms with Gasteiger partial charge in [0.05, 0.1) is 5.69 Å². The molecular weight excluding hydrogens is 202 g/mol. The molecule has 4 heteroatoms. The molecule has 1 unspecified atom stereocenters. The molecule has 0 aromatic carbocycles. The van der Waals surface area contributed by atoms with Gasteiger partial charge in [-0.2, -0.15) is 5.10 Å². The molecule has 2 rings (SSSR count). The van der Waals surface area contributed by atoms with E-state index < -0.39 is 0 Å². The lowest BCUT2D eigenvalue weighted by Gasteiger charge is -2.15. The van der Waals surface area contributed by atoms with E-state index in [4.69, 9.17) is 4.74 Å². The Morgan fingerprint density at radius 2 is 2.19 bits per heavy atom. The van der Waals surface area contributed by atoms with Crippen LogP contribution in [0, 0.1) is 13.8 Å². The minimum atomic E-state index is 0.196. The molecule has 0 radical (unpaired) electrons. The van der Waals surface area contributed by atoms with E-state index in [0.717, 1.165) is 29.7 Å². The standard InChI is InChI=1S/C12H21N3O/c1-8(7-13-11-5-6-11)16-12-9(2)14-15(4)10(12)3/h8,11,13H,5-7H2,1-4H3. The van der Waals surface area contributed by atoms with Crippen molar-refractivity contribution in [1.29, 1.82) is 0 Å². The van der Waals surface area contributed by atoms with Crippen LogP contribution in [0.3, 0.4) is 0 Å². The molecule has 1 N–H and O–H groups in total. The molecule has 90 valence electrons. The molecule has 0 spiro atoms. The summed E-state index contributed by atoms with van der Waals surface area (Å²) < 4.78 is 7.80. The number of rotatable bonds is 5. The normalized spacial score (nSPS) is 17.5. The molecule has 1 aliphatic carbocycles. The summed E-state index contributed by atoms with van der Waals surface area (Å²) in [4.78, 5) is 0. The van der Waals surface area contributed by atoms with Crippen LogP contribution in [0.5, 0.6) is 5.75 Å².